The Bertz CT molecular complexity index is 1070. The number of amides is 2. The summed E-state index contributed by atoms with van der Waals surface area (Å²) in [6.45, 7) is 2.86. The molecule has 1 aromatic heterocycles. The van der Waals surface area contributed by atoms with Crippen LogP contribution in [0.15, 0.2) is 23.0 Å². The molecule has 166 valence electrons. The molecule has 1 unspecified atom stereocenters. The topological polar surface area (TPSA) is 94.4 Å². The first-order valence-electron chi connectivity index (χ1n) is 11.3. The van der Waals surface area contributed by atoms with Crippen molar-refractivity contribution in [3.63, 3.8) is 0 Å². The molecule has 2 amide bonds. The van der Waals surface area contributed by atoms with Crippen LogP contribution in [-0.2, 0) is 27.8 Å². The van der Waals surface area contributed by atoms with Crippen LogP contribution in [0.4, 0.5) is 0 Å². The number of carbonyl (C=O) groups excluding carboxylic acids is 2. The predicted molar refractivity (Wildman–Crippen MR) is 116 cm³/mol. The van der Waals surface area contributed by atoms with Crippen molar-refractivity contribution in [3.05, 3.63) is 34.2 Å². The first-order chi connectivity index (χ1) is 15.0. The summed E-state index contributed by atoms with van der Waals surface area (Å²) in [5.41, 5.74) is 2.88. The molecule has 1 aromatic carbocycles. The number of ether oxygens (including phenoxy) is 1. The van der Waals surface area contributed by atoms with Gasteiger partial charge in [0.25, 0.3) is 0 Å². The number of nitrogens with zero attached hydrogens (tertiary/aromatic N) is 2. The Hall–Kier alpha value is -2.45. The zero-order valence-electron chi connectivity index (χ0n) is 18.0. The standard InChI is InChI=1S/C23H30N4O4/c1-26-20-15(7-12-31-16-13-23(14-16)8-10-24-11-9-23)3-2-4-17(20)27(22(26)30)18-5-6-19(28)25-21(18)29/h2-4,16,18,24H,5-14H2,1H3,(H,25,28,29). The maximum absolute atomic E-state index is 13.0. The van der Waals surface area contributed by atoms with Gasteiger partial charge in [0, 0.05) is 13.5 Å². The van der Waals surface area contributed by atoms with Gasteiger partial charge in [-0.1, -0.05) is 12.1 Å². The molecule has 31 heavy (non-hydrogen) atoms. The number of imide groups is 1. The van der Waals surface area contributed by atoms with Gasteiger partial charge in [0.15, 0.2) is 0 Å². The molecule has 3 heterocycles. The van der Waals surface area contributed by atoms with Crippen LogP contribution in [0, 0.1) is 5.41 Å². The lowest BCUT2D eigenvalue weighted by atomic mass is 9.62. The molecule has 3 aliphatic rings. The molecule has 5 rings (SSSR count). The molecule has 8 nitrogen and oxygen atoms in total. The fourth-order valence-corrected chi connectivity index (χ4v) is 5.68. The van der Waals surface area contributed by atoms with Crippen LogP contribution in [0.25, 0.3) is 11.0 Å². The molecule has 2 aliphatic heterocycles. The minimum atomic E-state index is -0.656. The van der Waals surface area contributed by atoms with E-state index in [1.165, 1.54) is 17.4 Å². The zero-order chi connectivity index (χ0) is 21.6. The Kier molecular flexibility index (Phi) is 5.22. The fraction of sp³-hybridized carbons (Fsp3) is 0.609. The number of fused-ring (bicyclic) bond motifs is 1. The van der Waals surface area contributed by atoms with Gasteiger partial charge in [-0.05, 0) is 68.7 Å². The molecular formula is C23H30N4O4. The van der Waals surface area contributed by atoms with Gasteiger partial charge in [-0.2, -0.15) is 0 Å². The monoisotopic (exact) mass is 426 g/mol. The zero-order valence-corrected chi connectivity index (χ0v) is 18.0. The summed E-state index contributed by atoms with van der Waals surface area (Å²) in [4.78, 5) is 36.9. The number of imidazole rings is 1. The Labute approximate surface area is 180 Å². The number of para-hydroxylation sites is 1. The van der Waals surface area contributed by atoms with E-state index in [2.05, 4.69) is 10.6 Å². The Balaban J connectivity index is 1.31. The smallest absolute Gasteiger partial charge is 0.329 e. The second kappa shape index (κ2) is 7.91. The average molecular weight is 427 g/mol. The van der Waals surface area contributed by atoms with Crippen molar-refractivity contribution in [2.75, 3.05) is 19.7 Å². The van der Waals surface area contributed by atoms with Crippen molar-refractivity contribution in [2.45, 2.75) is 57.1 Å². The molecule has 2 N–H and O–H groups in total. The number of aryl methyl sites for hydroxylation is 1. The molecule has 1 atom stereocenters. The van der Waals surface area contributed by atoms with Gasteiger partial charge in [-0.15, -0.1) is 0 Å². The second-order valence-corrected chi connectivity index (χ2v) is 9.36. The van der Waals surface area contributed by atoms with Crippen molar-refractivity contribution in [3.8, 4) is 0 Å². The first-order valence-corrected chi connectivity index (χ1v) is 11.3. The third kappa shape index (κ3) is 3.61. The van der Waals surface area contributed by atoms with Crippen LogP contribution >= 0.6 is 0 Å². The molecule has 0 bridgehead atoms. The maximum Gasteiger partial charge on any atom is 0.329 e. The van der Waals surface area contributed by atoms with E-state index in [0.717, 1.165) is 48.9 Å². The van der Waals surface area contributed by atoms with Crippen LogP contribution in [0.3, 0.4) is 0 Å². The molecule has 1 saturated carbocycles. The van der Waals surface area contributed by atoms with E-state index in [4.69, 9.17) is 4.74 Å². The third-order valence-corrected chi connectivity index (χ3v) is 7.42. The summed E-state index contributed by atoms with van der Waals surface area (Å²) < 4.78 is 9.31. The number of carbonyl (C=O) groups is 2. The van der Waals surface area contributed by atoms with E-state index in [1.54, 1.807) is 11.6 Å². The number of aromatic nitrogens is 2. The highest BCUT2D eigenvalue weighted by molar-refractivity contribution is 6.00. The molecule has 0 radical (unpaired) electrons. The lowest BCUT2D eigenvalue weighted by molar-refractivity contribution is -0.135. The summed E-state index contributed by atoms with van der Waals surface area (Å²) >= 11 is 0. The summed E-state index contributed by atoms with van der Waals surface area (Å²) in [5.74, 6) is -0.689. The van der Waals surface area contributed by atoms with E-state index in [-0.39, 0.29) is 18.0 Å². The third-order valence-electron chi connectivity index (χ3n) is 7.42. The Morgan fingerprint density at radius 2 is 1.94 bits per heavy atom. The molecule has 1 spiro atoms. The lowest BCUT2D eigenvalue weighted by Gasteiger charge is -2.50. The van der Waals surface area contributed by atoms with Crippen molar-refractivity contribution in [2.24, 2.45) is 12.5 Å². The van der Waals surface area contributed by atoms with Crippen molar-refractivity contribution < 1.29 is 14.3 Å². The van der Waals surface area contributed by atoms with E-state index in [1.807, 2.05) is 18.2 Å². The first kappa shape index (κ1) is 20.5. The molecule has 2 saturated heterocycles. The highest BCUT2D eigenvalue weighted by Gasteiger charge is 2.45. The number of rotatable bonds is 5. The van der Waals surface area contributed by atoms with E-state index < -0.39 is 11.9 Å². The van der Waals surface area contributed by atoms with Crippen LogP contribution in [0.1, 0.15) is 50.1 Å². The quantitative estimate of drug-likeness (QED) is 0.705. The summed E-state index contributed by atoms with van der Waals surface area (Å²) in [5, 5.41) is 5.79. The van der Waals surface area contributed by atoms with Crippen molar-refractivity contribution in [1.29, 1.82) is 0 Å². The van der Waals surface area contributed by atoms with Gasteiger partial charge in [0.05, 0.1) is 23.7 Å². The highest BCUT2D eigenvalue weighted by Crippen LogP contribution is 2.49. The van der Waals surface area contributed by atoms with E-state index >= 15 is 0 Å². The average Bonchev–Trinajstić information content (AvgIpc) is 2.99. The molecule has 1 aliphatic carbocycles. The van der Waals surface area contributed by atoms with Gasteiger partial charge in [0.2, 0.25) is 11.8 Å². The number of hydrogen-bond acceptors (Lipinski definition) is 5. The van der Waals surface area contributed by atoms with Crippen LogP contribution in [0.5, 0.6) is 0 Å². The highest BCUT2D eigenvalue weighted by atomic mass is 16.5. The van der Waals surface area contributed by atoms with Gasteiger partial charge in [-0.3, -0.25) is 24.0 Å². The van der Waals surface area contributed by atoms with E-state index in [0.29, 0.717) is 24.5 Å². The second-order valence-electron chi connectivity index (χ2n) is 9.36. The minimum Gasteiger partial charge on any atom is -0.378 e. The lowest BCUT2D eigenvalue weighted by Crippen LogP contribution is -2.48. The van der Waals surface area contributed by atoms with Gasteiger partial charge >= 0.3 is 5.69 Å². The largest absolute Gasteiger partial charge is 0.378 e. The number of hydrogen-bond donors (Lipinski definition) is 2. The summed E-state index contributed by atoms with van der Waals surface area (Å²) in [7, 11) is 1.74. The summed E-state index contributed by atoms with van der Waals surface area (Å²) in [6, 6.07) is 5.16. The number of nitrogens with one attached hydrogen (secondary N) is 2. The van der Waals surface area contributed by atoms with E-state index in [9.17, 15) is 14.4 Å². The molecule has 2 aromatic rings. The number of benzene rings is 1. The van der Waals surface area contributed by atoms with Crippen LogP contribution < -0.4 is 16.3 Å². The van der Waals surface area contributed by atoms with Crippen LogP contribution in [-0.4, -0.2) is 46.7 Å². The fourth-order valence-electron chi connectivity index (χ4n) is 5.68. The number of piperidine rings is 2. The van der Waals surface area contributed by atoms with Gasteiger partial charge in [0.1, 0.15) is 6.04 Å². The Morgan fingerprint density at radius 3 is 2.68 bits per heavy atom. The Morgan fingerprint density at radius 1 is 1.16 bits per heavy atom. The summed E-state index contributed by atoms with van der Waals surface area (Å²) in [6.07, 6.45) is 6.46. The van der Waals surface area contributed by atoms with Crippen molar-refractivity contribution >= 4 is 22.8 Å². The maximum atomic E-state index is 13.0. The predicted octanol–water partition coefficient (Wildman–Crippen LogP) is 1.41. The normalized spacial score (nSPS) is 23.8. The molecule has 8 heteroatoms. The molecular weight excluding hydrogens is 396 g/mol. The van der Waals surface area contributed by atoms with Crippen LogP contribution in [0.2, 0.25) is 0 Å². The van der Waals surface area contributed by atoms with Gasteiger partial charge in [-0.25, -0.2) is 4.79 Å². The SMILES string of the molecule is Cn1c(=O)n(C2CCC(=O)NC2=O)c2cccc(CCOC3CC4(CCNCC4)C3)c21. The minimum absolute atomic E-state index is 0.232. The molecule has 3 fully saturated rings. The van der Waals surface area contributed by atoms with Crippen molar-refractivity contribution in [1.82, 2.24) is 19.8 Å². The van der Waals surface area contributed by atoms with Gasteiger partial charge < -0.3 is 10.1 Å².